The van der Waals surface area contributed by atoms with Gasteiger partial charge in [-0.05, 0) is 32.0 Å². The predicted octanol–water partition coefficient (Wildman–Crippen LogP) is 2.35. The molecular formula is C14H21FN2O. The Morgan fingerprint density at radius 3 is 2.72 bits per heavy atom. The lowest BCUT2D eigenvalue weighted by atomic mass is 10.2. The second-order valence-electron chi connectivity index (χ2n) is 4.95. The first-order chi connectivity index (χ1) is 8.63. The van der Waals surface area contributed by atoms with E-state index in [1.54, 1.807) is 6.07 Å². The van der Waals surface area contributed by atoms with Gasteiger partial charge in [-0.1, -0.05) is 6.07 Å². The average molecular weight is 252 g/mol. The number of nitrogens with zero attached hydrogens (tertiary/aromatic N) is 1. The van der Waals surface area contributed by atoms with E-state index in [0.29, 0.717) is 12.2 Å². The van der Waals surface area contributed by atoms with Gasteiger partial charge in [-0.3, -0.25) is 4.90 Å². The second-order valence-corrected chi connectivity index (χ2v) is 4.95. The number of halogens is 1. The van der Waals surface area contributed by atoms with Crippen LogP contribution in [0.25, 0.3) is 0 Å². The van der Waals surface area contributed by atoms with Gasteiger partial charge in [0.15, 0.2) is 0 Å². The quantitative estimate of drug-likeness (QED) is 0.890. The fraction of sp³-hybridized carbons (Fsp3) is 0.571. The minimum atomic E-state index is -0.200. The van der Waals surface area contributed by atoms with Crippen LogP contribution >= 0.6 is 0 Å². The van der Waals surface area contributed by atoms with E-state index >= 15 is 0 Å². The number of hydrogen-bond donors (Lipinski definition) is 1. The van der Waals surface area contributed by atoms with Crippen LogP contribution in [-0.2, 0) is 4.74 Å². The highest BCUT2D eigenvalue weighted by molar-refractivity contribution is 5.42. The van der Waals surface area contributed by atoms with Crippen LogP contribution in [0.3, 0.4) is 0 Å². The summed E-state index contributed by atoms with van der Waals surface area (Å²) in [7, 11) is 0. The monoisotopic (exact) mass is 252 g/mol. The molecule has 0 aliphatic carbocycles. The number of ether oxygens (including phenoxy) is 1. The van der Waals surface area contributed by atoms with Gasteiger partial charge >= 0.3 is 0 Å². The van der Waals surface area contributed by atoms with Gasteiger partial charge in [0.2, 0.25) is 0 Å². The molecule has 2 unspecified atom stereocenters. The lowest BCUT2D eigenvalue weighted by molar-refractivity contribution is -0.0667. The summed E-state index contributed by atoms with van der Waals surface area (Å²) in [6.45, 7) is 7.91. The molecule has 3 nitrogen and oxygen atoms in total. The molecule has 0 spiro atoms. The molecule has 0 amide bonds. The summed E-state index contributed by atoms with van der Waals surface area (Å²) in [5.74, 6) is -0.200. The summed E-state index contributed by atoms with van der Waals surface area (Å²) in [4.78, 5) is 2.38. The number of benzene rings is 1. The van der Waals surface area contributed by atoms with Gasteiger partial charge in [0.1, 0.15) is 5.82 Å². The fourth-order valence-electron chi connectivity index (χ4n) is 2.42. The van der Waals surface area contributed by atoms with Crippen molar-refractivity contribution in [3.63, 3.8) is 0 Å². The third-order valence-corrected chi connectivity index (χ3v) is 3.08. The minimum absolute atomic E-state index is 0.200. The molecule has 1 heterocycles. The van der Waals surface area contributed by atoms with E-state index in [4.69, 9.17) is 4.74 Å². The molecular weight excluding hydrogens is 231 g/mol. The third-order valence-electron chi connectivity index (χ3n) is 3.08. The normalized spacial score (nSPS) is 25.1. The molecule has 0 saturated carbocycles. The molecule has 4 heteroatoms. The molecule has 18 heavy (non-hydrogen) atoms. The zero-order valence-electron chi connectivity index (χ0n) is 11.0. The van der Waals surface area contributed by atoms with Crippen LogP contribution in [0.5, 0.6) is 0 Å². The molecule has 1 N–H and O–H groups in total. The van der Waals surface area contributed by atoms with Crippen molar-refractivity contribution in [3.8, 4) is 0 Å². The van der Waals surface area contributed by atoms with Gasteiger partial charge in [-0.25, -0.2) is 4.39 Å². The van der Waals surface area contributed by atoms with Crippen LogP contribution in [0.1, 0.15) is 13.8 Å². The Labute approximate surface area is 108 Å². The zero-order valence-corrected chi connectivity index (χ0v) is 11.0. The lowest BCUT2D eigenvalue weighted by Crippen LogP contribution is -2.46. The molecule has 0 aromatic heterocycles. The lowest BCUT2D eigenvalue weighted by Gasteiger charge is -2.35. The van der Waals surface area contributed by atoms with Crippen LogP contribution in [0.15, 0.2) is 24.3 Å². The molecule has 0 radical (unpaired) electrons. The van der Waals surface area contributed by atoms with E-state index in [1.165, 1.54) is 12.1 Å². The van der Waals surface area contributed by atoms with Crippen LogP contribution < -0.4 is 5.32 Å². The molecule has 2 atom stereocenters. The number of hydrogen-bond acceptors (Lipinski definition) is 3. The Morgan fingerprint density at radius 1 is 1.33 bits per heavy atom. The second kappa shape index (κ2) is 6.16. The van der Waals surface area contributed by atoms with Crippen molar-refractivity contribution in [2.24, 2.45) is 0 Å². The average Bonchev–Trinajstić information content (AvgIpc) is 2.27. The topological polar surface area (TPSA) is 24.5 Å². The molecule has 100 valence electrons. The van der Waals surface area contributed by atoms with Gasteiger partial charge in [0.25, 0.3) is 0 Å². The number of rotatable bonds is 4. The summed E-state index contributed by atoms with van der Waals surface area (Å²) in [5, 5.41) is 3.24. The van der Waals surface area contributed by atoms with Gasteiger partial charge in [-0.15, -0.1) is 0 Å². The van der Waals surface area contributed by atoms with Crippen molar-refractivity contribution in [2.45, 2.75) is 26.1 Å². The zero-order chi connectivity index (χ0) is 13.0. The Kier molecular flexibility index (Phi) is 4.55. The highest BCUT2D eigenvalue weighted by atomic mass is 19.1. The van der Waals surface area contributed by atoms with Crippen LogP contribution in [0.2, 0.25) is 0 Å². The van der Waals surface area contributed by atoms with Crippen molar-refractivity contribution >= 4 is 5.69 Å². The van der Waals surface area contributed by atoms with Crippen LogP contribution in [-0.4, -0.2) is 43.3 Å². The Balaban J connectivity index is 1.75. The molecule has 1 aliphatic rings. The molecule has 1 aromatic carbocycles. The first-order valence-electron chi connectivity index (χ1n) is 6.51. The SMILES string of the molecule is CC1CN(CCNc2cccc(F)c2)CC(C)O1. The minimum Gasteiger partial charge on any atom is -0.384 e. The smallest absolute Gasteiger partial charge is 0.125 e. The van der Waals surface area contributed by atoms with Gasteiger partial charge in [0.05, 0.1) is 12.2 Å². The van der Waals surface area contributed by atoms with Crippen LogP contribution in [0, 0.1) is 5.82 Å². The maximum Gasteiger partial charge on any atom is 0.125 e. The molecule has 1 saturated heterocycles. The molecule has 1 aromatic rings. The maximum atomic E-state index is 13.0. The number of morpholine rings is 1. The van der Waals surface area contributed by atoms with E-state index in [-0.39, 0.29) is 5.82 Å². The first kappa shape index (κ1) is 13.3. The van der Waals surface area contributed by atoms with Crippen molar-refractivity contribution < 1.29 is 9.13 Å². The largest absolute Gasteiger partial charge is 0.384 e. The summed E-state index contributed by atoms with van der Waals surface area (Å²) >= 11 is 0. The van der Waals surface area contributed by atoms with Crippen molar-refractivity contribution in [1.82, 2.24) is 4.90 Å². The standard InChI is InChI=1S/C14H21FN2O/c1-11-9-17(10-12(2)18-11)7-6-16-14-5-3-4-13(15)8-14/h3-5,8,11-12,16H,6-7,9-10H2,1-2H3. The van der Waals surface area contributed by atoms with E-state index < -0.39 is 0 Å². The van der Waals surface area contributed by atoms with E-state index in [1.807, 2.05) is 6.07 Å². The Hall–Kier alpha value is -1.13. The van der Waals surface area contributed by atoms with Crippen molar-refractivity contribution in [3.05, 3.63) is 30.1 Å². The summed E-state index contributed by atoms with van der Waals surface area (Å²) in [6, 6.07) is 6.57. The van der Waals surface area contributed by atoms with E-state index in [2.05, 4.69) is 24.1 Å². The summed E-state index contributed by atoms with van der Waals surface area (Å²) < 4.78 is 18.7. The fourth-order valence-corrected chi connectivity index (χ4v) is 2.42. The first-order valence-corrected chi connectivity index (χ1v) is 6.51. The van der Waals surface area contributed by atoms with Crippen molar-refractivity contribution in [2.75, 3.05) is 31.5 Å². The van der Waals surface area contributed by atoms with Gasteiger partial charge in [-0.2, -0.15) is 0 Å². The molecule has 2 rings (SSSR count). The summed E-state index contributed by atoms with van der Waals surface area (Å²) in [5.41, 5.74) is 0.837. The van der Waals surface area contributed by atoms with Crippen LogP contribution in [0.4, 0.5) is 10.1 Å². The van der Waals surface area contributed by atoms with E-state index in [0.717, 1.165) is 31.9 Å². The number of anilines is 1. The molecule has 0 bridgehead atoms. The predicted molar refractivity (Wildman–Crippen MR) is 71.3 cm³/mol. The Morgan fingerprint density at radius 2 is 2.06 bits per heavy atom. The maximum absolute atomic E-state index is 13.0. The molecule has 1 aliphatic heterocycles. The highest BCUT2D eigenvalue weighted by Crippen LogP contribution is 2.11. The van der Waals surface area contributed by atoms with E-state index in [9.17, 15) is 4.39 Å². The Bertz CT molecular complexity index is 376. The summed E-state index contributed by atoms with van der Waals surface area (Å²) in [6.07, 6.45) is 0.589. The van der Waals surface area contributed by atoms with Gasteiger partial charge < -0.3 is 10.1 Å². The number of nitrogens with one attached hydrogen (secondary N) is 1. The van der Waals surface area contributed by atoms with Crippen molar-refractivity contribution in [1.29, 1.82) is 0 Å². The third kappa shape index (κ3) is 3.96. The molecule has 1 fully saturated rings. The highest BCUT2D eigenvalue weighted by Gasteiger charge is 2.21. The van der Waals surface area contributed by atoms with Gasteiger partial charge in [0, 0.05) is 31.9 Å².